The fraction of sp³-hybridized carbons (Fsp3) is 0.360. The molecule has 0 saturated carbocycles. The maximum atomic E-state index is 13.4. The average molecular weight is 500 g/mol. The SMILES string of the molecule is Cc1ccc(C(C)C)c(OCC(=O)NCc2nnc(SCC(=O)Nc3cc(F)ccc3C)n2C)c1. The molecule has 2 N–H and O–H groups in total. The minimum Gasteiger partial charge on any atom is -0.483 e. The molecule has 0 radical (unpaired) electrons. The van der Waals surface area contributed by atoms with Gasteiger partial charge < -0.3 is 19.9 Å². The second-order valence-corrected chi connectivity index (χ2v) is 9.46. The van der Waals surface area contributed by atoms with Crippen molar-refractivity contribution in [2.45, 2.75) is 45.3 Å². The lowest BCUT2D eigenvalue weighted by molar-refractivity contribution is -0.123. The third kappa shape index (κ3) is 7.29. The summed E-state index contributed by atoms with van der Waals surface area (Å²) < 4.78 is 20.9. The Labute approximate surface area is 208 Å². The molecule has 1 aromatic heterocycles. The molecule has 3 rings (SSSR count). The van der Waals surface area contributed by atoms with Gasteiger partial charge in [-0.3, -0.25) is 9.59 Å². The summed E-state index contributed by atoms with van der Waals surface area (Å²) in [6, 6.07) is 10.2. The number of halogens is 1. The van der Waals surface area contributed by atoms with Gasteiger partial charge in [0, 0.05) is 12.7 Å². The van der Waals surface area contributed by atoms with Gasteiger partial charge in [0.05, 0.1) is 12.3 Å². The first-order valence-corrected chi connectivity index (χ1v) is 12.2. The standard InChI is InChI=1S/C25H30FN5O3S/c1-15(2)19-9-6-16(3)10-21(19)34-13-23(32)27-12-22-29-30-25(31(22)5)35-14-24(33)28-20-11-18(26)8-7-17(20)4/h6-11,15H,12-14H2,1-5H3,(H,27,32)(H,28,33). The molecular formula is C25H30FN5O3S. The number of thioether (sulfide) groups is 1. The summed E-state index contributed by atoms with van der Waals surface area (Å²) in [5.74, 6) is 0.640. The number of nitrogens with one attached hydrogen (secondary N) is 2. The molecule has 1 heterocycles. The second kappa shape index (κ2) is 11.8. The van der Waals surface area contributed by atoms with Crippen LogP contribution in [-0.2, 0) is 23.2 Å². The Kier molecular flexibility index (Phi) is 8.86. The van der Waals surface area contributed by atoms with Crippen LogP contribution < -0.4 is 15.4 Å². The van der Waals surface area contributed by atoms with Crippen LogP contribution in [0.1, 0.15) is 42.3 Å². The fourth-order valence-electron chi connectivity index (χ4n) is 3.29. The van der Waals surface area contributed by atoms with Crippen molar-refractivity contribution in [1.29, 1.82) is 0 Å². The molecular weight excluding hydrogens is 469 g/mol. The first kappa shape index (κ1) is 26.2. The summed E-state index contributed by atoms with van der Waals surface area (Å²) in [4.78, 5) is 24.6. The number of benzene rings is 2. The average Bonchev–Trinajstić information content (AvgIpc) is 3.16. The molecule has 0 saturated heterocycles. The van der Waals surface area contributed by atoms with Crippen LogP contribution in [0.5, 0.6) is 5.75 Å². The number of hydrogen-bond acceptors (Lipinski definition) is 6. The number of aryl methyl sites for hydroxylation is 2. The lowest BCUT2D eigenvalue weighted by atomic mass is 10.0. The quantitative estimate of drug-likeness (QED) is 0.407. The topological polar surface area (TPSA) is 98.1 Å². The molecule has 0 spiro atoms. The van der Waals surface area contributed by atoms with Crippen LogP contribution in [0, 0.1) is 19.7 Å². The number of carbonyl (C=O) groups excluding carboxylic acids is 2. The Balaban J connectivity index is 1.48. The van der Waals surface area contributed by atoms with Gasteiger partial charge in [-0.05, 0) is 54.7 Å². The highest BCUT2D eigenvalue weighted by Crippen LogP contribution is 2.27. The van der Waals surface area contributed by atoms with Gasteiger partial charge in [-0.1, -0.05) is 43.8 Å². The van der Waals surface area contributed by atoms with Gasteiger partial charge in [0.2, 0.25) is 5.91 Å². The van der Waals surface area contributed by atoms with E-state index in [1.165, 1.54) is 23.9 Å². The van der Waals surface area contributed by atoms with Gasteiger partial charge >= 0.3 is 0 Å². The van der Waals surface area contributed by atoms with Gasteiger partial charge in [-0.2, -0.15) is 0 Å². The van der Waals surface area contributed by atoms with Crippen molar-refractivity contribution in [1.82, 2.24) is 20.1 Å². The van der Waals surface area contributed by atoms with Crippen LogP contribution in [0.3, 0.4) is 0 Å². The Morgan fingerprint density at radius 1 is 1.11 bits per heavy atom. The number of carbonyl (C=O) groups is 2. The Hall–Kier alpha value is -3.40. The summed E-state index contributed by atoms with van der Waals surface area (Å²) in [7, 11) is 1.76. The van der Waals surface area contributed by atoms with E-state index in [9.17, 15) is 14.0 Å². The van der Waals surface area contributed by atoms with E-state index in [2.05, 4.69) is 34.7 Å². The second-order valence-electron chi connectivity index (χ2n) is 8.52. The van der Waals surface area contributed by atoms with Crippen LogP contribution >= 0.6 is 11.8 Å². The molecule has 2 aromatic carbocycles. The predicted molar refractivity (Wildman–Crippen MR) is 134 cm³/mol. The van der Waals surface area contributed by atoms with E-state index in [0.717, 1.165) is 16.7 Å². The fourth-order valence-corrected chi connectivity index (χ4v) is 4.02. The van der Waals surface area contributed by atoms with Crippen molar-refractivity contribution in [3.63, 3.8) is 0 Å². The third-order valence-electron chi connectivity index (χ3n) is 5.32. The first-order chi connectivity index (χ1) is 16.6. The zero-order valence-corrected chi connectivity index (χ0v) is 21.3. The minimum atomic E-state index is -0.414. The summed E-state index contributed by atoms with van der Waals surface area (Å²) in [5.41, 5.74) is 3.32. The minimum absolute atomic E-state index is 0.0802. The van der Waals surface area contributed by atoms with Gasteiger partial charge in [0.1, 0.15) is 11.6 Å². The summed E-state index contributed by atoms with van der Waals surface area (Å²) in [6.45, 7) is 7.99. The Morgan fingerprint density at radius 3 is 2.63 bits per heavy atom. The zero-order valence-electron chi connectivity index (χ0n) is 20.5. The first-order valence-electron chi connectivity index (χ1n) is 11.2. The van der Waals surface area contributed by atoms with Crippen molar-refractivity contribution in [3.05, 3.63) is 64.7 Å². The third-order valence-corrected chi connectivity index (χ3v) is 6.34. The van der Waals surface area contributed by atoms with E-state index >= 15 is 0 Å². The van der Waals surface area contributed by atoms with E-state index in [1.54, 1.807) is 24.6 Å². The number of nitrogens with zero attached hydrogens (tertiary/aromatic N) is 3. The zero-order chi connectivity index (χ0) is 25.5. The predicted octanol–water partition coefficient (Wildman–Crippen LogP) is 4.12. The van der Waals surface area contributed by atoms with Crippen LogP contribution in [-0.4, -0.2) is 38.9 Å². The number of aromatic nitrogens is 3. The van der Waals surface area contributed by atoms with Crippen molar-refractivity contribution in [3.8, 4) is 5.75 Å². The Bertz CT molecular complexity index is 1210. The normalized spacial score (nSPS) is 10.9. The molecule has 0 unspecified atom stereocenters. The largest absolute Gasteiger partial charge is 0.483 e. The van der Waals surface area contributed by atoms with Crippen molar-refractivity contribution < 1.29 is 18.7 Å². The molecule has 0 aliphatic carbocycles. The van der Waals surface area contributed by atoms with Gasteiger partial charge in [-0.15, -0.1) is 10.2 Å². The van der Waals surface area contributed by atoms with E-state index < -0.39 is 5.82 Å². The van der Waals surface area contributed by atoms with Gasteiger partial charge in [0.15, 0.2) is 17.6 Å². The highest BCUT2D eigenvalue weighted by atomic mass is 32.2. The van der Waals surface area contributed by atoms with E-state index in [4.69, 9.17) is 4.74 Å². The smallest absolute Gasteiger partial charge is 0.258 e. The number of ether oxygens (including phenoxy) is 1. The van der Waals surface area contributed by atoms with E-state index in [0.29, 0.717) is 22.4 Å². The molecule has 2 amide bonds. The maximum Gasteiger partial charge on any atom is 0.258 e. The molecule has 3 aromatic rings. The number of amides is 2. The highest BCUT2D eigenvalue weighted by Gasteiger charge is 2.14. The summed E-state index contributed by atoms with van der Waals surface area (Å²) in [6.07, 6.45) is 0. The number of anilines is 1. The van der Waals surface area contributed by atoms with Crippen LogP contribution in [0.2, 0.25) is 0 Å². The lowest BCUT2D eigenvalue weighted by Crippen LogP contribution is -2.29. The molecule has 0 bridgehead atoms. The monoisotopic (exact) mass is 499 g/mol. The molecule has 186 valence electrons. The maximum absolute atomic E-state index is 13.4. The van der Waals surface area contributed by atoms with Gasteiger partial charge in [0.25, 0.3) is 5.91 Å². The summed E-state index contributed by atoms with van der Waals surface area (Å²) in [5, 5.41) is 14.2. The molecule has 0 fully saturated rings. The molecule has 0 aliphatic rings. The summed E-state index contributed by atoms with van der Waals surface area (Å²) >= 11 is 1.20. The molecule has 0 aliphatic heterocycles. The van der Waals surface area contributed by atoms with Gasteiger partial charge in [-0.25, -0.2) is 4.39 Å². The highest BCUT2D eigenvalue weighted by molar-refractivity contribution is 7.99. The van der Waals surface area contributed by atoms with Crippen molar-refractivity contribution in [2.24, 2.45) is 7.05 Å². The van der Waals surface area contributed by atoms with Crippen molar-refractivity contribution >= 4 is 29.3 Å². The molecule has 35 heavy (non-hydrogen) atoms. The Morgan fingerprint density at radius 2 is 1.89 bits per heavy atom. The van der Waals surface area contributed by atoms with E-state index in [-0.39, 0.29) is 36.6 Å². The molecule has 0 atom stereocenters. The van der Waals surface area contributed by atoms with Crippen LogP contribution in [0.25, 0.3) is 0 Å². The van der Waals surface area contributed by atoms with Crippen molar-refractivity contribution in [2.75, 3.05) is 17.7 Å². The van der Waals surface area contributed by atoms with E-state index in [1.807, 2.05) is 25.1 Å². The molecule has 10 heteroatoms. The number of rotatable bonds is 10. The van der Waals surface area contributed by atoms with Crippen LogP contribution in [0.4, 0.5) is 10.1 Å². The van der Waals surface area contributed by atoms with Crippen LogP contribution in [0.15, 0.2) is 41.6 Å². The lowest BCUT2D eigenvalue weighted by Gasteiger charge is -2.14. The molecule has 8 nitrogen and oxygen atoms in total. The number of hydrogen-bond donors (Lipinski definition) is 2.